The van der Waals surface area contributed by atoms with Gasteiger partial charge in [0.1, 0.15) is 5.78 Å². The van der Waals surface area contributed by atoms with E-state index < -0.39 is 0 Å². The molecule has 0 saturated carbocycles. The van der Waals surface area contributed by atoms with Crippen LogP contribution >= 0.6 is 43.5 Å². The van der Waals surface area contributed by atoms with E-state index in [1.807, 2.05) is 32.0 Å². The molecule has 0 aromatic heterocycles. The number of carbonyl (C=O) groups is 1. The molecule has 4 heteroatoms. The first kappa shape index (κ1) is 14.2. The zero-order valence-corrected chi connectivity index (χ0v) is 13.1. The summed E-state index contributed by atoms with van der Waals surface area (Å²) in [5.74, 6) is 0.259. The highest BCUT2D eigenvalue weighted by Gasteiger charge is 2.19. The van der Waals surface area contributed by atoms with Crippen LogP contribution in [0.25, 0.3) is 0 Å². The van der Waals surface area contributed by atoms with Crippen molar-refractivity contribution in [2.75, 3.05) is 0 Å². The molecule has 1 unspecified atom stereocenters. The van der Waals surface area contributed by atoms with Gasteiger partial charge in [0, 0.05) is 15.4 Å². The van der Waals surface area contributed by atoms with E-state index in [9.17, 15) is 4.79 Å². The van der Waals surface area contributed by atoms with Gasteiger partial charge in [0.05, 0.1) is 4.83 Å². The zero-order chi connectivity index (χ0) is 12.3. The first-order valence-electron chi connectivity index (χ1n) is 5.03. The molecule has 0 N–H and O–H groups in total. The van der Waals surface area contributed by atoms with Crippen molar-refractivity contribution in [3.05, 3.63) is 33.3 Å². The molecule has 0 heterocycles. The fourth-order valence-electron chi connectivity index (χ4n) is 1.36. The summed E-state index contributed by atoms with van der Waals surface area (Å²) in [6.45, 7) is 3.81. The van der Waals surface area contributed by atoms with Crippen LogP contribution in [0.1, 0.15) is 19.4 Å². The van der Waals surface area contributed by atoms with Crippen LogP contribution < -0.4 is 0 Å². The maximum Gasteiger partial charge on any atom is 0.149 e. The molecule has 1 aromatic carbocycles. The second kappa shape index (κ2) is 6.18. The first-order chi connectivity index (χ1) is 7.41. The Kier molecular flexibility index (Phi) is 5.48. The summed E-state index contributed by atoms with van der Waals surface area (Å²) in [6, 6.07) is 5.60. The predicted octanol–water partition coefficient (Wildman–Crippen LogP) is 4.63. The number of benzene rings is 1. The molecule has 0 aliphatic heterocycles. The molecule has 0 aliphatic rings. The van der Waals surface area contributed by atoms with Gasteiger partial charge in [-0.25, -0.2) is 0 Å². The molecule has 0 fully saturated rings. The van der Waals surface area contributed by atoms with Gasteiger partial charge in [-0.3, -0.25) is 4.79 Å². The van der Waals surface area contributed by atoms with Crippen molar-refractivity contribution in [2.45, 2.75) is 25.1 Å². The molecule has 1 aromatic rings. The number of carbonyl (C=O) groups excluding carboxylic acids is 1. The van der Waals surface area contributed by atoms with Gasteiger partial charge in [0.15, 0.2) is 0 Å². The number of ketones is 1. The average Bonchev–Trinajstić information content (AvgIpc) is 2.22. The van der Waals surface area contributed by atoms with Gasteiger partial charge in [-0.15, -0.1) is 0 Å². The largest absolute Gasteiger partial charge is 0.298 e. The lowest BCUT2D eigenvalue weighted by Gasteiger charge is -2.12. The molecule has 0 aliphatic carbocycles. The van der Waals surface area contributed by atoms with Crippen LogP contribution in [0.3, 0.4) is 0 Å². The Bertz CT molecular complexity index is 391. The van der Waals surface area contributed by atoms with Crippen molar-refractivity contribution in [3.8, 4) is 0 Å². The Morgan fingerprint density at radius 2 is 2.06 bits per heavy atom. The smallest absolute Gasteiger partial charge is 0.149 e. The summed E-state index contributed by atoms with van der Waals surface area (Å²) in [6.07, 6.45) is 0.651. The third-order valence-electron chi connectivity index (χ3n) is 2.28. The summed E-state index contributed by atoms with van der Waals surface area (Å²) in [4.78, 5) is 11.6. The van der Waals surface area contributed by atoms with E-state index in [1.54, 1.807) is 0 Å². The molecule has 0 radical (unpaired) electrons. The van der Waals surface area contributed by atoms with Crippen LogP contribution in [0.5, 0.6) is 0 Å². The molecule has 0 bridgehead atoms. The topological polar surface area (TPSA) is 17.1 Å². The SMILES string of the molecule is CC(C)C(=O)C(Br)Cc1cc(Cl)ccc1Br. The van der Waals surface area contributed by atoms with Crippen molar-refractivity contribution in [2.24, 2.45) is 5.92 Å². The van der Waals surface area contributed by atoms with Crippen molar-refractivity contribution in [1.29, 1.82) is 0 Å². The highest BCUT2D eigenvalue weighted by molar-refractivity contribution is 9.10. The van der Waals surface area contributed by atoms with Crippen molar-refractivity contribution in [1.82, 2.24) is 0 Å². The van der Waals surface area contributed by atoms with Crippen LogP contribution in [-0.4, -0.2) is 10.6 Å². The second-order valence-electron chi connectivity index (χ2n) is 3.96. The number of alkyl halides is 1. The fraction of sp³-hybridized carbons (Fsp3) is 0.417. The highest BCUT2D eigenvalue weighted by atomic mass is 79.9. The monoisotopic (exact) mass is 366 g/mol. The maximum atomic E-state index is 11.7. The third kappa shape index (κ3) is 3.86. The number of rotatable bonds is 4. The second-order valence-corrected chi connectivity index (χ2v) is 6.36. The molecule has 88 valence electrons. The van der Waals surface area contributed by atoms with Gasteiger partial charge in [0.25, 0.3) is 0 Å². The highest BCUT2D eigenvalue weighted by Crippen LogP contribution is 2.25. The van der Waals surface area contributed by atoms with E-state index >= 15 is 0 Å². The number of halogens is 3. The average molecular weight is 368 g/mol. The van der Waals surface area contributed by atoms with E-state index in [1.165, 1.54) is 0 Å². The number of Topliss-reactive ketones (excluding diaryl/α,β-unsaturated/α-hetero) is 1. The van der Waals surface area contributed by atoms with Crippen LogP contribution in [0.15, 0.2) is 22.7 Å². The molecule has 0 spiro atoms. The Labute approximate surface area is 118 Å². The van der Waals surface area contributed by atoms with Gasteiger partial charge in [-0.2, -0.15) is 0 Å². The Morgan fingerprint density at radius 3 is 2.62 bits per heavy atom. The van der Waals surface area contributed by atoms with Gasteiger partial charge in [0.2, 0.25) is 0 Å². The zero-order valence-electron chi connectivity index (χ0n) is 9.14. The minimum Gasteiger partial charge on any atom is -0.298 e. The van der Waals surface area contributed by atoms with Gasteiger partial charge in [-0.05, 0) is 30.2 Å². The summed E-state index contributed by atoms with van der Waals surface area (Å²) >= 11 is 12.8. The minimum atomic E-state index is -0.151. The van der Waals surface area contributed by atoms with Crippen LogP contribution in [0, 0.1) is 5.92 Å². The molecule has 0 amide bonds. The lowest BCUT2D eigenvalue weighted by Crippen LogP contribution is -2.21. The fourth-order valence-corrected chi connectivity index (χ4v) is 2.84. The summed E-state index contributed by atoms with van der Waals surface area (Å²) in [5, 5.41) is 0.690. The molecule has 16 heavy (non-hydrogen) atoms. The van der Waals surface area contributed by atoms with E-state index in [0.29, 0.717) is 11.4 Å². The van der Waals surface area contributed by atoms with Crippen LogP contribution in [0.4, 0.5) is 0 Å². The summed E-state index contributed by atoms with van der Waals surface area (Å²) in [7, 11) is 0. The van der Waals surface area contributed by atoms with Crippen molar-refractivity contribution >= 4 is 49.2 Å². The normalized spacial score (nSPS) is 12.9. The molecule has 0 saturated heterocycles. The summed E-state index contributed by atoms with van der Waals surface area (Å²) in [5.41, 5.74) is 1.04. The Balaban J connectivity index is 2.80. The lowest BCUT2D eigenvalue weighted by molar-refractivity contribution is -0.121. The minimum absolute atomic E-state index is 0.0438. The van der Waals surface area contributed by atoms with Crippen molar-refractivity contribution in [3.63, 3.8) is 0 Å². The molecule has 1 rings (SSSR count). The molecule has 1 atom stereocenters. The number of hydrogen-bond acceptors (Lipinski definition) is 1. The van der Waals surface area contributed by atoms with Crippen LogP contribution in [0.2, 0.25) is 5.02 Å². The molecular formula is C12H13Br2ClO. The Hall–Kier alpha value is 0.140. The predicted molar refractivity (Wildman–Crippen MR) is 75.4 cm³/mol. The number of hydrogen-bond donors (Lipinski definition) is 0. The molecular weight excluding hydrogens is 355 g/mol. The van der Waals surface area contributed by atoms with E-state index in [4.69, 9.17) is 11.6 Å². The van der Waals surface area contributed by atoms with E-state index in [0.717, 1.165) is 10.0 Å². The quantitative estimate of drug-likeness (QED) is 0.708. The standard InChI is InChI=1S/C12H13Br2ClO/c1-7(2)12(16)11(14)6-8-5-9(15)3-4-10(8)13/h3-5,7,11H,6H2,1-2H3. The van der Waals surface area contributed by atoms with Gasteiger partial charge < -0.3 is 0 Å². The Morgan fingerprint density at radius 1 is 1.44 bits per heavy atom. The maximum absolute atomic E-state index is 11.7. The van der Waals surface area contributed by atoms with E-state index in [2.05, 4.69) is 31.9 Å². The van der Waals surface area contributed by atoms with E-state index in [-0.39, 0.29) is 16.5 Å². The molecule has 1 nitrogen and oxygen atoms in total. The van der Waals surface area contributed by atoms with Gasteiger partial charge >= 0.3 is 0 Å². The summed E-state index contributed by atoms with van der Waals surface area (Å²) < 4.78 is 0.984. The lowest BCUT2D eigenvalue weighted by atomic mass is 10.0. The van der Waals surface area contributed by atoms with Gasteiger partial charge in [-0.1, -0.05) is 57.3 Å². The third-order valence-corrected chi connectivity index (χ3v) is 4.07. The van der Waals surface area contributed by atoms with Crippen LogP contribution in [-0.2, 0) is 11.2 Å². The first-order valence-corrected chi connectivity index (χ1v) is 7.12. The van der Waals surface area contributed by atoms with Crippen molar-refractivity contribution < 1.29 is 4.79 Å².